The van der Waals surface area contributed by atoms with E-state index in [4.69, 9.17) is 0 Å². The van der Waals surface area contributed by atoms with E-state index in [9.17, 15) is 19.6 Å². The number of aryl methyl sites for hydroxylation is 1. The van der Waals surface area contributed by atoms with Gasteiger partial charge in [-0.2, -0.15) is 0 Å². The molecule has 1 aromatic heterocycles. The molecular weight excluding hydrogens is 422 g/mol. The molecule has 9 nitrogen and oxygen atoms in total. The van der Waals surface area contributed by atoms with Crippen molar-refractivity contribution < 1.29 is 19.3 Å². The van der Waals surface area contributed by atoms with Crippen molar-refractivity contribution in [1.29, 1.82) is 0 Å². The summed E-state index contributed by atoms with van der Waals surface area (Å²) in [5.41, 5.74) is 2.61. The summed E-state index contributed by atoms with van der Waals surface area (Å²) in [6.45, 7) is 4.63. The molecule has 2 aliphatic rings. The van der Waals surface area contributed by atoms with Crippen LogP contribution >= 0.6 is 0 Å². The van der Waals surface area contributed by atoms with E-state index in [0.29, 0.717) is 13.1 Å². The third-order valence-electron chi connectivity index (χ3n) is 6.29. The highest BCUT2D eigenvalue weighted by molar-refractivity contribution is 6.26. The molecule has 33 heavy (non-hydrogen) atoms. The van der Waals surface area contributed by atoms with Gasteiger partial charge in [0.15, 0.2) is 5.69 Å². The van der Waals surface area contributed by atoms with Crippen molar-refractivity contribution in [2.24, 2.45) is 0 Å². The second kappa shape index (κ2) is 8.16. The summed E-state index contributed by atoms with van der Waals surface area (Å²) in [7, 11) is 0. The van der Waals surface area contributed by atoms with Crippen LogP contribution in [0.5, 0.6) is 0 Å². The zero-order valence-corrected chi connectivity index (χ0v) is 18.2. The SMILES string of the molecule is Cc1ccc(N2CCN(C(=O)CCn3c4c(n[n+]3[O-])C(=O)c3ccccc3C4=O)CC2)cc1. The Kier molecular flexibility index (Phi) is 5.16. The smallest absolute Gasteiger partial charge is 0.224 e. The zero-order valence-electron chi connectivity index (χ0n) is 18.2. The number of fused-ring (bicyclic) bond motifs is 2. The number of carbonyl (C=O) groups is 3. The lowest BCUT2D eigenvalue weighted by Gasteiger charge is -2.36. The van der Waals surface area contributed by atoms with E-state index in [1.54, 1.807) is 29.2 Å². The lowest BCUT2D eigenvalue weighted by molar-refractivity contribution is -0.749. The van der Waals surface area contributed by atoms with Crippen LogP contribution in [0.25, 0.3) is 0 Å². The van der Waals surface area contributed by atoms with Crippen LogP contribution in [0.3, 0.4) is 0 Å². The molecule has 2 heterocycles. The van der Waals surface area contributed by atoms with E-state index in [2.05, 4.69) is 34.3 Å². The van der Waals surface area contributed by atoms with Crippen LogP contribution in [0.2, 0.25) is 0 Å². The van der Waals surface area contributed by atoms with Gasteiger partial charge in [-0.15, -0.1) is 4.68 Å². The molecule has 1 aliphatic heterocycles. The predicted octanol–water partition coefficient (Wildman–Crippen LogP) is 1.34. The minimum atomic E-state index is -0.456. The van der Waals surface area contributed by atoms with Gasteiger partial charge < -0.3 is 15.0 Å². The molecule has 3 aromatic rings. The molecule has 1 saturated heterocycles. The van der Waals surface area contributed by atoms with Crippen molar-refractivity contribution in [1.82, 2.24) is 14.7 Å². The van der Waals surface area contributed by atoms with Crippen LogP contribution in [0.4, 0.5) is 5.69 Å². The number of hydrogen-bond donors (Lipinski definition) is 0. The topological polar surface area (TPSA) is 102 Å². The highest BCUT2D eigenvalue weighted by atomic mass is 16.5. The summed E-state index contributed by atoms with van der Waals surface area (Å²) >= 11 is 0. The van der Waals surface area contributed by atoms with Gasteiger partial charge in [0.05, 0.1) is 13.0 Å². The number of amides is 1. The fourth-order valence-electron chi connectivity index (χ4n) is 4.43. The Labute approximate surface area is 190 Å². The minimum absolute atomic E-state index is 0.0238. The van der Waals surface area contributed by atoms with Gasteiger partial charge in [0.1, 0.15) is 0 Å². The van der Waals surface area contributed by atoms with Crippen LogP contribution in [0.1, 0.15) is 44.1 Å². The number of aromatic nitrogens is 3. The van der Waals surface area contributed by atoms with Crippen molar-refractivity contribution in [2.75, 3.05) is 31.1 Å². The van der Waals surface area contributed by atoms with Crippen LogP contribution < -0.4 is 9.86 Å². The second-order valence-electron chi connectivity index (χ2n) is 8.33. The average Bonchev–Trinajstić information content (AvgIpc) is 3.18. The molecule has 1 amide bonds. The summed E-state index contributed by atoms with van der Waals surface area (Å²) < 4.78 is 1.09. The first kappa shape index (κ1) is 20.9. The van der Waals surface area contributed by atoms with Crippen molar-refractivity contribution in [3.05, 3.63) is 81.8 Å². The Balaban J connectivity index is 1.26. The molecular formula is C24H23N5O4. The number of anilines is 1. The molecule has 168 valence electrons. The molecule has 0 unspecified atom stereocenters. The molecule has 0 bridgehead atoms. The van der Waals surface area contributed by atoms with Gasteiger partial charge in [0.2, 0.25) is 23.2 Å². The van der Waals surface area contributed by atoms with Crippen LogP contribution in [-0.2, 0) is 11.3 Å². The minimum Gasteiger partial charge on any atom is -0.571 e. The Hall–Kier alpha value is -4.01. The maximum atomic E-state index is 13.0. The van der Waals surface area contributed by atoms with Gasteiger partial charge in [-0.1, -0.05) is 42.0 Å². The van der Waals surface area contributed by atoms with Gasteiger partial charge in [-0.3, -0.25) is 14.4 Å². The monoisotopic (exact) mass is 445 g/mol. The molecule has 2 aromatic carbocycles. The summed E-state index contributed by atoms with van der Waals surface area (Å²) in [5.74, 6) is -0.987. The molecule has 0 spiro atoms. The standard InChI is InChI=1S/C24H23N5O4/c1-16-6-8-17(9-7-16)26-12-14-27(15-13-26)20(30)10-11-28-22-21(25-29(28)33)23(31)18-4-2-3-5-19(18)24(22)32/h2-9H,10-15H2,1H3. The number of piperazine rings is 1. The van der Waals surface area contributed by atoms with Gasteiger partial charge in [-0.25, -0.2) is 0 Å². The number of rotatable bonds is 4. The number of hydrogen-bond acceptors (Lipinski definition) is 6. The fraction of sp³-hybridized carbons (Fsp3) is 0.292. The fourth-order valence-corrected chi connectivity index (χ4v) is 4.43. The van der Waals surface area contributed by atoms with Gasteiger partial charge in [0.25, 0.3) is 0 Å². The Morgan fingerprint density at radius 3 is 2.27 bits per heavy atom. The molecule has 0 saturated carbocycles. The Bertz CT molecular complexity index is 1260. The highest BCUT2D eigenvalue weighted by Crippen LogP contribution is 2.25. The third kappa shape index (κ3) is 3.65. The molecule has 5 rings (SSSR count). The average molecular weight is 445 g/mol. The van der Waals surface area contributed by atoms with Crippen molar-refractivity contribution in [3.63, 3.8) is 0 Å². The molecule has 0 N–H and O–H groups in total. The largest absolute Gasteiger partial charge is 0.571 e. The molecule has 0 atom stereocenters. The zero-order chi connectivity index (χ0) is 23.1. The van der Waals surface area contributed by atoms with Crippen LogP contribution in [0, 0.1) is 12.1 Å². The predicted molar refractivity (Wildman–Crippen MR) is 119 cm³/mol. The first-order valence-electron chi connectivity index (χ1n) is 10.9. The Morgan fingerprint density at radius 1 is 0.970 bits per heavy atom. The maximum Gasteiger partial charge on any atom is 0.224 e. The van der Waals surface area contributed by atoms with E-state index >= 15 is 0 Å². The summed E-state index contributed by atoms with van der Waals surface area (Å²) in [4.78, 5) is 42.7. The van der Waals surface area contributed by atoms with Gasteiger partial charge >= 0.3 is 0 Å². The highest BCUT2D eigenvalue weighted by Gasteiger charge is 2.39. The van der Waals surface area contributed by atoms with Crippen molar-refractivity contribution in [3.8, 4) is 0 Å². The third-order valence-corrected chi connectivity index (χ3v) is 6.29. The summed E-state index contributed by atoms with van der Waals surface area (Å²) in [6.07, 6.45) is 0.0404. The molecule has 9 heteroatoms. The van der Waals surface area contributed by atoms with Crippen molar-refractivity contribution in [2.45, 2.75) is 19.9 Å². The number of ketones is 2. The van der Waals surface area contributed by atoms with Crippen molar-refractivity contribution >= 4 is 23.2 Å². The Morgan fingerprint density at radius 2 is 1.61 bits per heavy atom. The van der Waals surface area contributed by atoms with Crippen LogP contribution in [-0.4, -0.2) is 58.3 Å². The molecule has 1 fully saturated rings. The van der Waals surface area contributed by atoms with Gasteiger partial charge in [-0.05, 0) is 19.1 Å². The number of benzene rings is 2. The van der Waals surface area contributed by atoms with E-state index in [0.717, 1.165) is 23.5 Å². The van der Waals surface area contributed by atoms with E-state index in [1.807, 2.05) is 6.92 Å². The number of nitrogens with zero attached hydrogens (tertiary/aromatic N) is 5. The first-order chi connectivity index (χ1) is 15.9. The second-order valence-corrected chi connectivity index (χ2v) is 8.33. The quantitative estimate of drug-likeness (QED) is 0.347. The van der Waals surface area contributed by atoms with E-state index in [1.165, 1.54) is 5.56 Å². The molecule has 1 aliphatic carbocycles. The lowest BCUT2D eigenvalue weighted by atomic mass is 9.90. The maximum absolute atomic E-state index is 13.0. The molecule has 0 radical (unpaired) electrons. The summed E-state index contributed by atoms with van der Waals surface area (Å²) in [5, 5.41) is 16.1. The summed E-state index contributed by atoms with van der Waals surface area (Å²) in [6, 6.07) is 14.7. The van der Waals surface area contributed by atoms with Crippen LogP contribution in [0.15, 0.2) is 48.5 Å². The lowest BCUT2D eigenvalue weighted by Crippen LogP contribution is -2.49. The number of carbonyl (C=O) groups excluding carboxylic acids is 3. The van der Waals surface area contributed by atoms with E-state index in [-0.39, 0.29) is 46.3 Å². The van der Waals surface area contributed by atoms with E-state index < -0.39 is 11.6 Å². The normalized spacial score (nSPS) is 15.4. The van der Waals surface area contributed by atoms with Gasteiger partial charge in [0, 0.05) is 53.1 Å². The first-order valence-corrected chi connectivity index (χ1v) is 10.9.